The molecule has 0 aliphatic heterocycles. The molecule has 0 heterocycles. The summed E-state index contributed by atoms with van der Waals surface area (Å²) < 4.78 is 0. The molecule has 2 N–H and O–H groups in total. The van der Waals surface area contributed by atoms with Crippen molar-refractivity contribution in [3.63, 3.8) is 0 Å². The van der Waals surface area contributed by atoms with Gasteiger partial charge in [0.2, 0.25) is 5.91 Å². The largest absolute Gasteiger partial charge is 0.399 e. The Hall–Kier alpha value is -1.22. The van der Waals surface area contributed by atoms with E-state index in [1.165, 1.54) is 0 Å². The van der Waals surface area contributed by atoms with E-state index in [-0.39, 0.29) is 5.91 Å². The van der Waals surface area contributed by atoms with Crippen molar-refractivity contribution in [3.05, 3.63) is 28.8 Å². The summed E-state index contributed by atoms with van der Waals surface area (Å²) >= 11 is 6.08. The molecule has 1 amide bonds. The molecule has 1 atom stereocenters. The van der Waals surface area contributed by atoms with Crippen LogP contribution in [0.4, 0.5) is 5.69 Å². The van der Waals surface area contributed by atoms with Crippen LogP contribution in [0.25, 0.3) is 0 Å². The van der Waals surface area contributed by atoms with Crippen LogP contribution in [0.15, 0.2) is 18.2 Å². The number of rotatable bonds is 5. The van der Waals surface area contributed by atoms with Gasteiger partial charge in [0, 0.05) is 30.7 Å². The van der Waals surface area contributed by atoms with Gasteiger partial charge in [-0.15, -0.1) is 0 Å². The smallest absolute Gasteiger partial charge is 0.222 e. The summed E-state index contributed by atoms with van der Waals surface area (Å²) in [7, 11) is 1.80. The average Bonchev–Trinajstić information content (AvgIpc) is 2.33. The van der Waals surface area contributed by atoms with Crippen molar-refractivity contribution in [1.82, 2.24) is 4.90 Å². The molecular weight excluding hydrogens is 248 g/mol. The van der Waals surface area contributed by atoms with E-state index in [2.05, 4.69) is 13.8 Å². The van der Waals surface area contributed by atoms with Crippen molar-refractivity contribution >= 4 is 23.2 Å². The number of nitrogens with two attached hydrogens (primary N) is 1. The Morgan fingerprint density at radius 2 is 2.17 bits per heavy atom. The molecule has 0 aromatic heterocycles. The van der Waals surface area contributed by atoms with Crippen LogP contribution < -0.4 is 5.73 Å². The van der Waals surface area contributed by atoms with Gasteiger partial charge in [0.05, 0.1) is 0 Å². The van der Waals surface area contributed by atoms with Crippen LogP contribution in [0.1, 0.15) is 32.3 Å². The summed E-state index contributed by atoms with van der Waals surface area (Å²) in [5.41, 5.74) is 7.27. The second kappa shape index (κ2) is 6.64. The number of amides is 1. The first-order valence-electron chi connectivity index (χ1n) is 6.21. The molecule has 0 spiro atoms. The maximum absolute atomic E-state index is 12.0. The Balaban J connectivity index is 2.66. The van der Waals surface area contributed by atoms with Crippen LogP contribution >= 0.6 is 11.6 Å². The second-order valence-corrected chi connectivity index (χ2v) is 5.23. The van der Waals surface area contributed by atoms with Crippen molar-refractivity contribution in [1.29, 1.82) is 0 Å². The van der Waals surface area contributed by atoms with Gasteiger partial charge in [0.15, 0.2) is 0 Å². The molecule has 4 heteroatoms. The molecule has 18 heavy (non-hydrogen) atoms. The van der Waals surface area contributed by atoms with Gasteiger partial charge in [-0.25, -0.2) is 0 Å². The van der Waals surface area contributed by atoms with Crippen molar-refractivity contribution in [2.24, 2.45) is 5.92 Å². The van der Waals surface area contributed by atoms with Crippen LogP contribution in [0.5, 0.6) is 0 Å². The predicted molar refractivity (Wildman–Crippen MR) is 76.4 cm³/mol. The zero-order valence-electron chi connectivity index (χ0n) is 11.2. The lowest BCUT2D eigenvalue weighted by molar-refractivity contribution is -0.131. The highest BCUT2D eigenvalue weighted by atomic mass is 35.5. The van der Waals surface area contributed by atoms with Gasteiger partial charge in [0.1, 0.15) is 0 Å². The van der Waals surface area contributed by atoms with Crippen LogP contribution in [0, 0.1) is 5.92 Å². The Morgan fingerprint density at radius 1 is 1.50 bits per heavy atom. The number of carbonyl (C=O) groups excluding carboxylic acids is 1. The number of hydrogen-bond acceptors (Lipinski definition) is 2. The van der Waals surface area contributed by atoms with E-state index in [1.807, 2.05) is 6.07 Å². The zero-order chi connectivity index (χ0) is 13.7. The fourth-order valence-corrected chi connectivity index (χ4v) is 1.84. The monoisotopic (exact) mass is 268 g/mol. The third-order valence-corrected chi connectivity index (χ3v) is 3.49. The normalized spacial score (nSPS) is 12.2. The highest BCUT2D eigenvalue weighted by Crippen LogP contribution is 2.20. The minimum Gasteiger partial charge on any atom is -0.399 e. The summed E-state index contributed by atoms with van der Waals surface area (Å²) in [5.74, 6) is 0.555. The quantitative estimate of drug-likeness (QED) is 0.833. The summed E-state index contributed by atoms with van der Waals surface area (Å²) in [6.45, 7) is 4.67. The Morgan fingerprint density at radius 3 is 2.78 bits per heavy atom. The molecule has 1 aromatic carbocycles. The first-order valence-corrected chi connectivity index (χ1v) is 6.59. The fourth-order valence-electron chi connectivity index (χ4n) is 1.66. The third-order valence-electron chi connectivity index (χ3n) is 3.12. The minimum atomic E-state index is 0.142. The van der Waals surface area contributed by atoms with E-state index >= 15 is 0 Å². The molecule has 1 aromatic rings. The number of benzene rings is 1. The highest BCUT2D eigenvalue weighted by Gasteiger charge is 2.13. The number of nitrogen functional groups attached to an aromatic ring is 1. The van der Waals surface area contributed by atoms with Gasteiger partial charge >= 0.3 is 0 Å². The molecular formula is C14H21ClN2O. The van der Waals surface area contributed by atoms with Crippen molar-refractivity contribution in [2.45, 2.75) is 33.2 Å². The van der Waals surface area contributed by atoms with Crippen LogP contribution in [0.2, 0.25) is 5.02 Å². The summed E-state index contributed by atoms with van der Waals surface area (Å²) in [6, 6.07) is 5.33. The lowest BCUT2D eigenvalue weighted by Crippen LogP contribution is -2.27. The Labute approximate surface area is 114 Å². The van der Waals surface area contributed by atoms with E-state index in [9.17, 15) is 4.79 Å². The minimum absolute atomic E-state index is 0.142. The lowest BCUT2D eigenvalue weighted by atomic mass is 10.0. The van der Waals surface area contributed by atoms with Gasteiger partial charge in [-0.05, 0) is 29.7 Å². The van der Waals surface area contributed by atoms with E-state index < -0.39 is 0 Å². The first kappa shape index (κ1) is 14.8. The highest BCUT2D eigenvalue weighted by molar-refractivity contribution is 6.31. The standard InChI is InChI=1S/C14H21ClN2O/c1-4-10(2)7-14(18)17(3)9-11-8-12(16)5-6-13(11)15/h5-6,8,10H,4,7,9,16H2,1-3H3. The van der Waals surface area contributed by atoms with Crippen molar-refractivity contribution in [2.75, 3.05) is 12.8 Å². The Bertz CT molecular complexity index is 420. The zero-order valence-corrected chi connectivity index (χ0v) is 12.0. The summed E-state index contributed by atoms with van der Waals surface area (Å²) in [4.78, 5) is 13.7. The third kappa shape index (κ3) is 4.22. The maximum atomic E-state index is 12.0. The molecule has 0 aliphatic carbocycles. The molecule has 0 aliphatic rings. The van der Waals surface area contributed by atoms with E-state index in [1.54, 1.807) is 24.1 Å². The molecule has 0 saturated heterocycles. The number of anilines is 1. The van der Waals surface area contributed by atoms with E-state index in [0.29, 0.717) is 29.6 Å². The predicted octanol–water partition coefficient (Wildman–Crippen LogP) is 3.32. The molecule has 0 radical (unpaired) electrons. The van der Waals surface area contributed by atoms with Gasteiger partial charge in [-0.1, -0.05) is 31.9 Å². The SMILES string of the molecule is CCC(C)CC(=O)N(C)Cc1cc(N)ccc1Cl. The molecule has 0 bridgehead atoms. The molecule has 3 nitrogen and oxygen atoms in total. The first-order chi connectivity index (χ1) is 8.43. The molecule has 1 rings (SSSR count). The average molecular weight is 269 g/mol. The maximum Gasteiger partial charge on any atom is 0.222 e. The van der Waals surface area contributed by atoms with Crippen LogP contribution in [-0.4, -0.2) is 17.9 Å². The second-order valence-electron chi connectivity index (χ2n) is 4.82. The van der Waals surface area contributed by atoms with E-state index in [4.69, 9.17) is 17.3 Å². The van der Waals surface area contributed by atoms with Crippen molar-refractivity contribution < 1.29 is 4.79 Å². The van der Waals surface area contributed by atoms with Crippen LogP contribution in [-0.2, 0) is 11.3 Å². The van der Waals surface area contributed by atoms with Gasteiger partial charge in [0.25, 0.3) is 0 Å². The molecule has 0 saturated carbocycles. The van der Waals surface area contributed by atoms with E-state index in [0.717, 1.165) is 12.0 Å². The van der Waals surface area contributed by atoms with Crippen LogP contribution in [0.3, 0.4) is 0 Å². The number of hydrogen-bond donors (Lipinski definition) is 1. The molecule has 0 fully saturated rings. The van der Waals surface area contributed by atoms with Gasteiger partial charge < -0.3 is 10.6 Å². The molecule has 100 valence electrons. The number of carbonyl (C=O) groups is 1. The summed E-state index contributed by atoms with van der Waals surface area (Å²) in [6.07, 6.45) is 1.59. The fraction of sp³-hybridized carbons (Fsp3) is 0.500. The van der Waals surface area contributed by atoms with Crippen molar-refractivity contribution in [3.8, 4) is 0 Å². The molecule has 1 unspecified atom stereocenters. The topological polar surface area (TPSA) is 46.3 Å². The number of nitrogens with zero attached hydrogens (tertiary/aromatic N) is 1. The van der Waals surface area contributed by atoms with Gasteiger partial charge in [-0.2, -0.15) is 0 Å². The van der Waals surface area contributed by atoms with Gasteiger partial charge in [-0.3, -0.25) is 4.79 Å². The Kier molecular flexibility index (Phi) is 5.48. The number of halogens is 1. The lowest BCUT2D eigenvalue weighted by Gasteiger charge is -2.20. The summed E-state index contributed by atoms with van der Waals surface area (Å²) in [5, 5.41) is 0.646.